The molecule has 2 aromatic rings. The van der Waals surface area contributed by atoms with Gasteiger partial charge < -0.3 is 0 Å². The zero-order chi connectivity index (χ0) is 12.6. The lowest BCUT2D eigenvalue weighted by Crippen LogP contribution is -2.04. The minimum atomic E-state index is -4.32. The number of alkyl halides is 3. The highest BCUT2D eigenvalue weighted by molar-refractivity contribution is 5.68. The molecule has 17 heavy (non-hydrogen) atoms. The summed E-state index contributed by atoms with van der Waals surface area (Å²) >= 11 is 0. The van der Waals surface area contributed by atoms with Crippen LogP contribution in [0.15, 0.2) is 24.3 Å². The van der Waals surface area contributed by atoms with Gasteiger partial charge in [-0.05, 0) is 31.5 Å². The van der Waals surface area contributed by atoms with Crippen molar-refractivity contribution in [2.24, 2.45) is 0 Å². The summed E-state index contributed by atoms with van der Waals surface area (Å²) < 4.78 is 37.8. The van der Waals surface area contributed by atoms with Gasteiger partial charge >= 0.3 is 6.18 Å². The van der Waals surface area contributed by atoms with Gasteiger partial charge in [0.05, 0.1) is 11.3 Å². The Hall–Kier alpha value is -1.78. The first-order valence-electron chi connectivity index (χ1n) is 5.09. The van der Waals surface area contributed by atoms with Gasteiger partial charge in [-0.25, -0.2) is 0 Å². The van der Waals surface area contributed by atoms with Crippen LogP contribution in [-0.4, -0.2) is 10.2 Å². The van der Waals surface area contributed by atoms with E-state index in [1.165, 1.54) is 6.07 Å². The third-order valence-electron chi connectivity index (χ3n) is 2.61. The summed E-state index contributed by atoms with van der Waals surface area (Å²) in [7, 11) is 0. The van der Waals surface area contributed by atoms with Crippen LogP contribution in [0.2, 0.25) is 0 Å². The largest absolute Gasteiger partial charge is 0.416 e. The van der Waals surface area contributed by atoms with Gasteiger partial charge in [-0.15, -0.1) is 0 Å². The number of aromatic amines is 1. The number of hydrogen-bond donors (Lipinski definition) is 1. The van der Waals surface area contributed by atoms with Gasteiger partial charge in [0.25, 0.3) is 0 Å². The van der Waals surface area contributed by atoms with Crippen LogP contribution in [0, 0.1) is 13.8 Å². The smallest absolute Gasteiger partial charge is 0.282 e. The lowest BCUT2D eigenvalue weighted by atomic mass is 10.0. The van der Waals surface area contributed by atoms with Crippen LogP contribution < -0.4 is 0 Å². The fourth-order valence-corrected chi connectivity index (χ4v) is 1.83. The van der Waals surface area contributed by atoms with Gasteiger partial charge in [-0.1, -0.05) is 12.1 Å². The van der Waals surface area contributed by atoms with Crippen LogP contribution in [0.3, 0.4) is 0 Å². The number of nitrogens with one attached hydrogen (secondary N) is 1. The third kappa shape index (κ3) is 2.18. The molecule has 0 unspecified atom stereocenters. The Kier molecular flexibility index (Phi) is 2.69. The van der Waals surface area contributed by atoms with Crippen molar-refractivity contribution in [3.05, 3.63) is 41.2 Å². The lowest BCUT2D eigenvalue weighted by Gasteiger charge is -2.08. The monoisotopic (exact) mass is 240 g/mol. The van der Waals surface area contributed by atoms with Gasteiger partial charge in [0, 0.05) is 11.3 Å². The van der Waals surface area contributed by atoms with Crippen molar-refractivity contribution in [3.8, 4) is 11.1 Å². The first-order valence-corrected chi connectivity index (χ1v) is 5.09. The number of rotatable bonds is 1. The van der Waals surface area contributed by atoms with Crippen molar-refractivity contribution in [2.45, 2.75) is 20.0 Å². The minimum absolute atomic E-state index is 0.531. The minimum Gasteiger partial charge on any atom is -0.282 e. The fourth-order valence-electron chi connectivity index (χ4n) is 1.83. The topological polar surface area (TPSA) is 28.7 Å². The molecule has 0 fully saturated rings. The number of hydrogen-bond acceptors (Lipinski definition) is 1. The van der Waals surface area contributed by atoms with Crippen LogP contribution in [0.25, 0.3) is 11.1 Å². The van der Waals surface area contributed by atoms with E-state index in [1.807, 2.05) is 0 Å². The van der Waals surface area contributed by atoms with Crippen molar-refractivity contribution in [1.29, 1.82) is 0 Å². The maximum atomic E-state index is 12.6. The zero-order valence-corrected chi connectivity index (χ0v) is 9.39. The third-order valence-corrected chi connectivity index (χ3v) is 2.61. The van der Waals surface area contributed by atoms with Crippen LogP contribution in [-0.2, 0) is 6.18 Å². The van der Waals surface area contributed by atoms with E-state index >= 15 is 0 Å². The van der Waals surface area contributed by atoms with Gasteiger partial charge in [-0.2, -0.15) is 18.3 Å². The molecule has 0 atom stereocenters. The molecule has 1 N–H and O–H groups in total. The second-order valence-corrected chi connectivity index (χ2v) is 3.89. The van der Waals surface area contributed by atoms with Crippen LogP contribution in [0.4, 0.5) is 13.2 Å². The molecule has 0 bridgehead atoms. The van der Waals surface area contributed by atoms with E-state index in [0.29, 0.717) is 11.3 Å². The highest BCUT2D eigenvalue weighted by atomic mass is 19.4. The Balaban J connectivity index is 2.55. The summed E-state index contributed by atoms with van der Waals surface area (Å²) in [6, 6.07) is 5.27. The van der Waals surface area contributed by atoms with E-state index in [-0.39, 0.29) is 0 Å². The number of nitrogens with zero attached hydrogens (tertiary/aromatic N) is 1. The molecule has 0 aliphatic heterocycles. The summed E-state index contributed by atoms with van der Waals surface area (Å²) in [6.07, 6.45) is -4.32. The van der Waals surface area contributed by atoms with E-state index < -0.39 is 11.7 Å². The van der Waals surface area contributed by atoms with E-state index in [2.05, 4.69) is 10.2 Å². The Labute approximate surface area is 96.5 Å². The number of aryl methyl sites for hydroxylation is 2. The average Bonchev–Trinajstić information content (AvgIpc) is 2.57. The second kappa shape index (κ2) is 3.91. The summed E-state index contributed by atoms with van der Waals surface area (Å²) in [5.41, 5.74) is 2.08. The van der Waals surface area contributed by atoms with E-state index in [9.17, 15) is 13.2 Å². The highest BCUT2D eigenvalue weighted by Crippen LogP contribution is 2.33. The van der Waals surface area contributed by atoms with Gasteiger partial charge in [0.2, 0.25) is 0 Å². The molecule has 5 heteroatoms. The Bertz CT molecular complexity index is 521. The van der Waals surface area contributed by atoms with Gasteiger partial charge in [0.1, 0.15) is 0 Å². The number of H-pyrrole nitrogens is 1. The lowest BCUT2D eigenvalue weighted by molar-refractivity contribution is -0.137. The molecule has 0 aliphatic rings. The molecule has 1 aromatic carbocycles. The summed E-state index contributed by atoms with van der Waals surface area (Å²) in [5.74, 6) is 0. The zero-order valence-electron chi connectivity index (χ0n) is 9.39. The summed E-state index contributed by atoms with van der Waals surface area (Å²) in [5, 5.41) is 6.74. The molecule has 2 nitrogen and oxygen atoms in total. The van der Waals surface area contributed by atoms with Crippen LogP contribution >= 0.6 is 0 Å². The molecule has 0 aliphatic carbocycles. The molecule has 1 heterocycles. The molecule has 0 spiro atoms. The Morgan fingerprint density at radius 3 is 2.41 bits per heavy atom. The SMILES string of the molecule is Cc1n[nH]c(C)c1-c1cccc(C(F)(F)F)c1. The molecule has 90 valence electrons. The number of aromatic nitrogens is 2. The van der Waals surface area contributed by atoms with E-state index in [1.54, 1.807) is 19.9 Å². The molecular weight excluding hydrogens is 229 g/mol. The second-order valence-electron chi connectivity index (χ2n) is 3.89. The van der Waals surface area contributed by atoms with Crippen molar-refractivity contribution < 1.29 is 13.2 Å². The predicted molar refractivity (Wildman–Crippen MR) is 58.5 cm³/mol. The number of halogens is 3. The van der Waals surface area contributed by atoms with Crippen LogP contribution in [0.1, 0.15) is 17.0 Å². The maximum Gasteiger partial charge on any atom is 0.416 e. The van der Waals surface area contributed by atoms with Gasteiger partial charge in [-0.3, -0.25) is 5.10 Å². The van der Waals surface area contributed by atoms with E-state index in [0.717, 1.165) is 23.4 Å². The normalized spacial score (nSPS) is 11.8. The summed E-state index contributed by atoms with van der Waals surface area (Å²) in [4.78, 5) is 0. The van der Waals surface area contributed by atoms with Crippen molar-refractivity contribution >= 4 is 0 Å². The predicted octanol–water partition coefficient (Wildman–Crippen LogP) is 3.71. The molecule has 1 aromatic heterocycles. The van der Waals surface area contributed by atoms with Crippen LogP contribution in [0.5, 0.6) is 0 Å². The molecule has 0 radical (unpaired) electrons. The highest BCUT2D eigenvalue weighted by Gasteiger charge is 2.30. The molecule has 0 saturated carbocycles. The van der Waals surface area contributed by atoms with Crippen molar-refractivity contribution in [1.82, 2.24) is 10.2 Å². The molecule has 2 rings (SSSR count). The Morgan fingerprint density at radius 1 is 1.18 bits per heavy atom. The average molecular weight is 240 g/mol. The number of benzene rings is 1. The van der Waals surface area contributed by atoms with E-state index in [4.69, 9.17) is 0 Å². The molecule has 0 saturated heterocycles. The first-order chi connectivity index (χ1) is 7.89. The van der Waals surface area contributed by atoms with Crippen molar-refractivity contribution in [2.75, 3.05) is 0 Å². The fraction of sp³-hybridized carbons (Fsp3) is 0.250. The standard InChI is InChI=1S/C12H11F3N2/c1-7-11(8(2)17-16-7)9-4-3-5-10(6-9)12(13,14)15/h3-6H,1-2H3,(H,16,17). The molecular formula is C12H11F3N2. The summed E-state index contributed by atoms with van der Waals surface area (Å²) in [6.45, 7) is 3.55. The van der Waals surface area contributed by atoms with Gasteiger partial charge in [0.15, 0.2) is 0 Å². The van der Waals surface area contributed by atoms with Crippen molar-refractivity contribution in [3.63, 3.8) is 0 Å². The quantitative estimate of drug-likeness (QED) is 0.808. The Morgan fingerprint density at radius 2 is 1.88 bits per heavy atom. The first kappa shape index (κ1) is 11.7. The maximum absolute atomic E-state index is 12.6. The molecule has 0 amide bonds.